The van der Waals surface area contributed by atoms with Crippen LogP contribution in [-0.4, -0.2) is 41.3 Å². The van der Waals surface area contributed by atoms with Crippen molar-refractivity contribution in [2.45, 2.75) is 51.2 Å². The minimum Gasteiger partial charge on any atom is -0.380 e. The van der Waals surface area contributed by atoms with Crippen LogP contribution in [0.5, 0.6) is 0 Å². The van der Waals surface area contributed by atoms with Gasteiger partial charge in [-0.05, 0) is 59.9 Å². The number of halogens is 2. The highest BCUT2D eigenvalue weighted by Gasteiger charge is 2.45. The molecule has 0 aromatic heterocycles. The molecule has 0 bridgehead atoms. The lowest BCUT2D eigenvalue weighted by atomic mass is 9.72. The summed E-state index contributed by atoms with van der Waals surface area (Å²) in [6.45, 7) is 4.79. The Morgan fingerprint density at radius 2 is 1.49 bits per heavy atom. The van der Waals surface area contributed by atoms with Gasteiger partial charge in [-0.3, -0.25) is 9.59 Å². The summed E-state index contributed by atoms with van der Waals surface area (Å²) in [4.78, 5) is 31.9. The van der Waals surface area contributed by atoms with Gasteiger partial charge in [0.2, 0.25) is 5.91 Å². The molecular weight excluding hydrogens is 620 g/mol. The summed E-state index contributed by atoms with van der Waals surface area (Å²) < 4.78 is 29.9. The first-order valence-electron chi connectivity index (χ1n) is 17.0. The first-order valence-corrected chi connectivity index (χ1v) is 17.0. The normalized spacial score (nSPS) is 19.5. The topological polar surface area (TPSA) is 72.9 Å². The molecule has 2 heterocycles. The minimum atomic E-state index is -1.23. The zero-order valence-corrected chi connectivity index (χ0v) is 27.8. The SMILES string of the molecule is CC1(C)CC(=O)C2=C(C1)Nc1ccccc1N(CC(=O)N1CCC(C(O)(c3ccccc3)c3ccccc3)CC1)C2c1ccc(F)cc1F. The molecule has 252 valence electrons. The number of carbonyl (C=O) groups excluding carboxylic acids is 2. The average molecular weight is 662 g/mol. The molecule has 4 aromatic rings. The first-order chi connectivity index (χ1) is 23.5. The van der Waals surface area contributed by atoms with Crippen molar-refractivity contribution in [2.24, 2.45) is 11.3 Å². The largest absolute Gasteiger partial charge is 0.380 e. The van der Waals surface area contributed by atoms with Crippen LogP contribution >= 0.6 is 0 Å². The van der Waals surface area contributed by atoms with Crippen molar-refractivity contribution >= 4 is 23.1 Å². The lowest BCUT2D eigenvalue weighted by Crippen LogP contribution is -2.49. The number of ketones is 1. The van der Waals surface area contributed by atoms with Crippen molar-refractivity contribution in [3.05, 3.63) is 143 Å². The second-order valence-electron chi connectivity index (χ2n) is 14.3. The van der Waals surface area contributed by atoms with Gasteiger partial charge in [0.25, 0.3) is 0 Å². The van der Waals surface area contributed by atoms with E-state index in [9.17, 15) is 19.1 Å². The molecule has 0 saturated carbocycles. The maximum absolute atomic E-state index is 15.7. The average Bonchev–Trinajstić information content (AvgIpc) is 3.22. The second kappa shape index (κ2) is 12.9. The number of allylic oxidation sites excluding steroid dienone is 1. The van der Waals surface area contributed by atoms with Crippen LogP contribution in [-0.2, 0) is 15.2 Å². The molecule has 0 spiro atoms. The smallest absolute Gasteiger partial charge is 0.242 e. The van der Waals surface area contributed by atoms with Crippen LogP contribution < -0.4 is 10.2 Å². The summed E-state index contributed by atoms with van der Waals surface area (Å²) in [7, 11) is 0. The van der Waals surface area contributed by atoms with Crippen molar-refractivity contribution in [3.63, 3.8) is 0 Å². The Morgan fingerprint density at radius 1 is 0.878 bits per heavy atom. The van der Waals surface area contributed by atoms with E-state index in [1.807, 2.05) is 98.8 Å². The Bertz CT molecular complexity index is 1860. The van der Waals surface area contributed by atoms with Gasteiger partial charge in [-0.1, -0.05) is 92.7 Å². The predicted octanol–water partition coefficient (Wildman–Crippen LogP) is 7.76. The van der Waals surface area contributed by atoms with E-state index in [4.69, 9.17) is 0 Å². The fourth-order valence-electron chi connectivity index (χ4n) is 8.09. The molecule has 3 aliphatic rings. The molecule has 0 radical (unpaired) electrons. The van der Waals surface area contributed by atoms with Gasteiger partial charge in [0, 0.05) is 42.4 Å². The van der Waals surface area contributed by atoms with Crippen molar-refractivity contribution in [2.75, 3.05) is 29.9 Å². The van der Waals surface area contributed by atoms with Crippen LogP contribution in [0.1, 0.15) is 62.3 Å². The van der Waals surface area contributed by atoms with Crippen LogP contribution in [0, 0.1) is 23.0 Å². The summed E-state index contributed by atoms with van der Waals surface area (Å²) >= 11 is 0. The highest BCUT2D eigenvalue weighted by molar-refractivity contribution is 6.02. The van der Waals surface area contributed by atoms with Gasteiger partial charge in [-0.25, -0.2) is 8.78 Å². The van der Waals surface area contributed by atoms with E-state index in [0.29, 0.717) is 55.0 Å². The van der Waals surface area contributed by atoms with E-state index in [1.165, 1.54) is 12.1 Å². The van der Waals surface area contributed by atoms with E-state index in [1.54, 1.807) is 9.80 Å². The van der Waals surface area contributed by atoms with Gasteiger partial charge in [0.05, 0.1) is 24.0 Å². The van der Waals surface area contributed by atoms with E-state index in [2.05, 4.69) is 5.32 Å². The third-order valence-electron chi connectivity index (χ3n) is 10.4. The molecule has 8 heteroatoms. The molecule has 6 nitrogen and oxygen atoms in total. The number of rotatable bonds is 6. The molecule has 1 amide bonds. The van der Waals surface area contributed by atoms with Gasteiger partial charge in [0.1, 0.15) is 17.2 Å². The van der Waals surface area contributed by atoms with Crippen LogP contribution in [0.3, 0.4) is 0 Å². The highest BCUT2D eigenvalue weighted by Crippen LogP contribution is 2.49. The van der Waals surface area contributed by atoms with E-state index in [0.717, 1.165) is 17.2 Å². The van der Waals surface area contributed by atoms with Gasteiger partial charge in [-0.15, -0.1) is 0 Å². The summed E-state index contributed by atoms with van der Waals surface area (Å²) in [6, 6.07) is 29.3. The number of Topliss-reactive ketones (excluding diaryl/α,β-unsaturated/α-hetero) is 1. The molecule has 2 aliphatic heterocycles. The standard InChI is InChI=1S/C41H41F2N3O3/c1-40(2)24-34-38(36(47)25-40)39(31-18-17-30(42)23-32(31)43)46(35-16-10-9-15-33(35)44-34)26-37(48)45-21-19-29(20-22-45)41(49,27-11-5-3-6-12-27)28-13-7-4-8-14-28/h3-18,23,29,39,44,49H,19-22,24-26H2,1-2H3. The van der Waals surface area contributed by atoms with E-state index in [-0.39, 0.29) is 41.6 Å². The van der Waals surface area contributed by atoms with Crippen LogP contribution in [0.2, 0.25) is 0 Å². The number of nitrogens with one attached hydrogen (secondary N) is 1. The molecule has 1 fully saturated rings. The number of hydrogen-bond donors (Lipinski definition) is 2. The lowest BCUT2D eigenvalue weighted by Gasteiger charge is -2.43. The summed E-state index contributed by atoms with van der Waals surface area (Å²) in [5, 5.41) is 15.8. The summed E-state index contributed by atoms with van der Waals surface area (Å²) in [6.07, 6.45) is 1.97. The monoisotopic (exact) mass is 661 g/mol. The minimum absolute atomic E-state index is 0.125. The Morgan fingerprint density at radius 3 is 2.12 bits per heavy atom. The van der Waals surface area contributed by atoms with Crippen molar-refractivity contribution < 1.29 is 23.5 Å². The quantitative estimate of drug-likeness (QED) is 0.221. The number of benzene rings is 4. The Labute approximate surface area is 286 Å². The zero-order valence-electron chi connectivity index (χ0n) is 27.8. The van der Waals surface area contributed by atoms with Crippen molar-refractivity contribution in [1.82, 2.24) is 4.90 Å². The highest BCUT2D eigenvalue weighted by atomic mass is 19.1. The Kier molecular flexibility index (Phi) is 8.61. The number of aliphatic hydroxyl groups is 1. The lowest BCUT2D eigenvalue weighted by molar-refractivity contribution is -0.132. The van der Waals surface area contributed by atoms with Crippen molar-refractivity contribution in [1.29, 1.82) is 0 Å². The summed E-state index contributed by atoms with van der Waals surface area (Å²) in [5.41, 5.74) is 2.69. The number of likely N-dealkylation sites (tertiary alicyclic amines) is 1. The molecule has 1 saturated heterocycles. The number of anilines is 2. The Hall–Kier alpha value is -4.82. The molecule has 49 heavy (non-hydrogen) atoms. The number of piperidine rings is 1. The van der Waals surface area contributed by atoms with Crippen LogP contribution in [0.4, 0.5) is 20.2 Å². The van der Waals surface area contributed by atoms with Crippen molar-refractivity contribution in [3.8, 4) is 0 Å². The Balaban J connectivity index is 1.22. The molecular formula is C41H41F2N3O3. The van der Waals surface area contributed by atoms with E-state index >= 15 is 4.39 Å². The number of fused-ring (bicyclic) bond motifs is 1. The number of carbonyl (C=O) groups is 2. The van der Waals surface area contributed by atoms with Gasteiger partial charge >= 0.3 is 0 Å². The maximum atomic E-state index is 15.7. The van der Waals surface area contributed by atoms with Crippen LogP contribution in [0.25, 0.3) is 0 Å². The number of para-hydroxylation sites is 2. The van der Waals surface area contributed by atoms with Gasteiger partial charge < -0.3 is 20.2 Å². The van der Waals surface area contributed by atoms with E-state index < -0.39 is 23.3 Å². The number of amides is 1. The molecule has 1 aliphatic carbocycles. The molecule has 2 N–H and O–H groups in total. The second-order valence-corrected chi connectivity index (χ2v) is 14.3. The fourth-order valence-corrected chi connectivity index (χ4v) is 8.09. The summed E-state index contributed by atoms with van der Waals surface area (Å²) in [5.74, 6) is -1.92. The molecule has 7 rings (SSSR count). The molecule has 1 atom stereocenters. The van der Waals surface area contributed by atoms with Gasteiger partial charge in [-0.2, -0.15) is 0 Å². The zero-order chi connectivity index (χ0) is 34.3. The van der Waals surface area contributed by atoms with Crippen LogP contribution in [0.15, 0.2) is 114 Å². The third-order valence-corrected chi connectivity index (χ3v) is 10.4. The predicted molar refractivity (Wildman–Crippen MR) is 187 cm³/mol. The molecule has 4 aromatic carbocycles. The first kappa shape index (κ1) is 32.7. The number of hydrogen-bond acceptors (Lipinski definition) is 5. The number of nitrogens with zero attached hydrogens (tertiary/aromatic N) is 2. The van der Waals surface area contributed by atoms with Gasteiger partial charge in [0.15, 0.2) is 5.78 Å². The molecule has 1 unspecified atom stereocenters. The maximum Gasteiger partial charge on any atom is 0.242 e. The fraction of sp³-hybridized carbons (Fsp3) is 0.317. The third kappa shape index (κ3) is 6.14.